The number of hydrogen-bond donors (Lipinski definition) is 2. The Balaban J connectivity index is 1.19. The zero-order valence-corrected chi connectivity index (χ0v) is 21.4. The first kappa shape index (κ1) is 24.3. The van der Waals surface area contributed by atoms with Gasteiger partial charge in [-0.15, -0.1) is 17.8 Å². The fraction of sp³-hybridized carbons (Fsp3) is 0.357. The highest BCUT2D eigenvalue weighted by Crippen LogP contribution is 2.35. The van der Waals surface area contributed by atoms with Crippen LogP contribution in [0, 0.1) is 25.1 Å². The number of hydrogen-bond acceptors (Lipinski definition) is 5. The number of anilines is 2. The molecule has 36 heavy (non-hydrogen) atoms. The minimum Gasteiger partial charge on any atom is -0.367 e. The summed E-state index contributed by atoms with van der Waals surface area (Å²) in [6, 6.07) is 13.4. The number of aromatic nitrogens is 1. The number of amides is 2. The number of halogens is 1. The van der Waals surface area contributed by atoms with E-state index in [1.165, 1.54) is 11.3 Å². The van der Waals surface area contributed by atoms with E-state index in [4.69, 9.17) is 6.42 Å². The van der Waals surface area contributed by atoms with Crippen molar-refractivity contribution in [1.29, 1.82) is 0 Å². The molecule has 0 bridgehead atoms. The van der Waals surface area contributed by atoms with Gasteiger partial charge in [-0.2, -0.15) is 0 Å². The van der Waals surface area contributed by atoms with Gasteiger partial charge in [0.1, 0.15) is 5.82 Å². The first-order chi connectivity index (χ1) is 17.4. The van der Waals surface area contributed by atoms with E-state index in [1.54, 1.807) is 11.0 Å². The number of aryl methyl sites for hydroxylation is 1. The monoisotopic (exact) mass is 503 g/mol. The molecule has 8 heteroatoms. The van der Waals surface area contributed by atoms with Crippen molar-refractivity contribution in [2.45, 2.75) is 25.2 Å². The number of likely N-dealkylation sites (tertiary alicyclic amines) is 1. The van der Waals surface area contributed by atoms with Crippen molar-refractivity contribution in [3.63, 3.8) is 0 Å². The molecule has 2 aromatic carbocycles. The highest BCUT2D eigenvalue weighted by molar-refractivity contribution is 7.14. The minimum absolute atomic E-state index is 0.125. The molecule has 0 spiro atoms. The summed E-state index contributed by atoms with van der Waals surface area (Å²) in [5.74, 6) is 2.81. The summed E-state index contributed by atoms with van der Waals surface area (Å²) < 4.78 is 14.8. The molecule has 2 fully saturated rings. The number of carbonyl (C=O) groups is 1. The summed E-state index contributed by atoms with van der Waals surface area (Å²) in [4.78, 5) is 21.2. The highest BCUT2D eigenvalue weighted by Gasteiger charge is 2.34. The van der Waals surface area contributed by atoms with E-state index in [-0.39, 0.29) is 17.8 Å². The molecule has 2 aliphatic rings. The van der Waals surface area contributed by atoms with Gasteiger partial charge in [-0.1, -0.05) is 41.8 Å². The van der Waals surface area contributed by atoms with Gasteiger partial charge in [0, 0.05) is 50.6 Å². The number of carbonyl (C=O) groups excluding carboxylic acids is 1. The van der Waals surface area contributed by atoms with E-state index < -0.39 is 5.41 Å². The summed E-state index contributed by atoms with van der Waals surface area (Å²) >= 11 is 1.36. The molecule has 1 aromatic heterocycles. The lowest BCUT2D eigenvalue weighted by Crippen LogP contribution is -2.50. The molecule has 0 saturated carbocycles. The van der Waals surface area contributed by atoms with Gasteiger partial charge in [0.25, 0.3) is 0 Å². The fourth-order valence-corrected chi connectivity index (χ4v) is 5.53. The number of benzene rings is 2. The van der Waals surface area contributed by atoms with E-state index in [9.17, 15) is 9.18 Å². The van der Waals surface area contributed by atoms with Gasteiger partial charge in [-0.05, 0) is 37.1 Å². The molecule has 2 saturated heterocycles. The second-order valence-corrected chi connectivity index (χ2v) is 10.5. The Labute approximate surface area is 215 Å². The van der Waals surface area contributed by atoms with Crippen molar-refractivity contribution in [2.24, 2.45) is 0 Å². The smallest absolute Gasteiger partial charge is 0.323 e. The normalized spacial score (nSPS) is 17.7. The van der Waals surface area contributed by atoms with Crippen LogP contribution in [0.2, 0.25) is 0 Å². The van der Waals surface area contributed by atoms with Crippen LogP contribution in [0.25, 0.3) is 0 Å². The number of urea groups is 1. The van der Waals surface area contributed by atoms with Crippen molar-refractivity contribution < 1.29 is 9.18 Å². The van der Waals surface area contributed by atoms with Gasteiger partial charge < -0.3 is 15.1 Å². The molecule has 0 radical (unpaired) electrons. The molecule has 0 aliphatic carbocycles. The van der Waals surface area contributed by atoms with Gasteiger partial charge in [0.15, 0.2) is 5.13 Å². The quantitative estimate of drug-likeness (QED) is 0.501. The standard InChI is InChI=1S/C28H30FN5OS/c1-4-28(3,22-8-5-19(2)6-9-22)25-18-36-26(31-25)32-27(35)34-16-21(17-34)20-7-10-24(23(29)15-20)33-13-11-30-12-14-33/h1,5-10,15,18,21,30H,11-14,16-17H2,2-3H3,(H,31,32,35). The van der Waals surface area contributed by atoms with E-state index in [0.717, 1.165) is 48.6 Å². The largest absolute Gasteiger partial charge is 0.367 e. The Hall–Kier alpha value is -3.41. The number of piperazine rings is 1. The van der Waals surface area contributed by atoms with Crippen LogP contribution in [-0.2, 0) is 5.41 Å². The maximum atomic E-state index is 14.8. The predicted molar refractivity (Wildman–Crippen MR) is 143 cm³/mol. The summed E-state index contributed by atoms with van der Waals surface area (Å²) in [7, 11) is 0. The lowest BCUT2D eigenvalue weighted by Gasteiger charge is -2.39. The van der Waals surface area contributed by atoms with E-state index in [0.29, 0.717) is 23.9 Å². The zero-order chi connectivity index (χ0) is 25.3. The number of nitrogens with one attached hydrogen (secondary N) is 2. The molecule has 1 unspecified atom stereocenters. The van der Waals surface area contributed by atoms with Crippen LogP contribution in [-0.4, -0.2) is 55.2 Å². The molecule has 1 atom stereocenters. The van der Waals surface area contributed by atoms with Crippen molar-refractivity contribution in [3.8, 4) is 12.3 Å². The van der Waals surface area contributed by atoms with Crippen LogP contribution in [0.4, 0.5) is 20.0 Å². The average Bonchev–Trinajstić information content (AvgIpc) is 3.33. The Morgan fingerprint density at radius 2 is 1.94 bits per heavy atom. The van der Waals surface area contributed by atoms with E-state index in [2.05, 4.69) is 26.4 Å². The molecule has 2 N–H and O–H groups in total. The lowest BCUT2D eigenvalue weighted by atomic mass is 9.80. The third-order valence-corrected chi connectivity index (χ3v) is 7.98. The first-order valence-corrected chi connectivity index (χ1v) is 13.1. The fourth-order valence-electron chi connectivity index (χ4n) is 4.72. The van der Waals surface area contributed by atoms with Crippen LogP contribution in [0.1, 0.15) is 35.2 Å². The number of terminal acetylenes is 1. The van der Waals surface area contributed by atoms with E-state index in [1.807, 2.05) is 55.6 Å². The summed E-state index contributed by atoms with van der Waals surface area (Å²) in [6.45, 7) is 8.42. The SMILES string of the molecule is C#CC(C)(c1ccc(C)cc1)c1csc(NC(=O)N2CC(c3ccc(N4CCNCC4)c(F)c3)C2)n1. The first-order valence-electron chi connectivity index (χ1n) is 12.2. The maximum Gasteiger partial charge on any atom is 0.323 e. The van der Waals surface area contributed by atoms with Crippen LogP contribution < -0.4 is 15.5 Å². The van der Waals surface area contributed by atoms with Gasteiger partial charge in [-0.3, -0.25) is 5.32 Å². The summed E-state index contributed by atoms with van der Waals surface area (Å²) in [5.41, 5.74) is 3.77. The Kier molecular flexibility index (Phi) is 6.69. The second kappa shape index (κ2) is 9.92. The number of rotatable bonds is 5. The summed E-state index contributed by atoms with van der Waals surface area (Å²) in [6.07, 6.45) is 5.92. The third-order valence-electron chi connectivity index (χ3n) is 7.22. The molecular formula is C28H30FN5OS. The highest BCUT2D eigenvalue weighted by atomic mass is 32.1. The zero-order valence-electron chi connectivity index (χ0n) is 20.6. The van der Waals surface area contributed by atoms with Gasteiger partial charge >= 0.3 is 6.03 Å². The van der Waals surface area contributed by atoms with Crippen LogP contribution >= 0.6 is 11.3 Å². The molecule has 186 valence electrons. The van der Waals surface area contributed by atoms with Gasteiger partial charge in [-0.25, -0.2) is 14.2 Å². The molecule has 5 rings (SSSR count). The van der Waals surface area contributed by atoms with Crippen LogP contribution in [0.5, 0.6) is 0 Å². The van der Waals surface area contributed by atoms with Gasteiger partial charge in [0.2, 0.25) is 0 Å². The van der Waals surface area contributed by atoms with E-state index >= 15 is 0 Å². The van der Waals surface area contributed by atoms with Crippen molar-refractivity contribution >= 4 is 28.2 Å². The Morgan fingerprint density at radius 1 is 1.22 bits per heavy atom. The predicted octanol–water partition coefficient (Wildman–Crippen LogP) is 4.57. The van der Waals surface area contributed by atoms with Gasteiger partial charge in [0.05, 0.1) is 16.8 Å². The third kappa shape index (κ3) is 4.69. The number of thiazole rings is 1. The average molecular weight is 504 g/mol. The minimum atomic E-state index is -0.685. The molecular weight excluding hydrogens is 473 g/mol. The van der Waals surface area contributed by atoms with Crippen molar-refractivity contribution in [2.75, 3.05) is 49.5 Å². The van der Waals surface area contributed by atoms with Crippen LogP contribution in [0.15, 0.2) is 47.8 Å². The Bertz CT molecular complexity index is 1290. The molecule has 3 aromatic rings. The van der Waals surface area contributed by atoms with Crippen molar-refractivity contribution in [1.82, 2.24) is 15.2 Å². The van der Waals surface area contributed by atoms with Crippen molar-refractivity contribution in [3.05, 3.63) is 76.0 Å². The molecule has 6 nitrogen and oxygen atoms in total. The lowest BCUT2D eigenvalue weighted by molar-refractivity contribution is 0.164. The van der Waals surface area contributed by atoms with Crippen LogP contribution in [0.3, 0.4) is 0 Å². The maximum absolute atomic E-state index is 14.8. The Morgan fingerprint density at radius 3 is 2.61 bits per heavy atom. The topological polar surface area (TPSA) is 60.5 Å². The molecule has 2 aliphatic heterocycles. The second-order valence-electron chi connectivity index (χ2n) is 9.65. The number of nitrogens with zero attached hydrogens (tertiary/aromatic N) is 3. The molecule has 2 amide bonds. The summed E-state index contributed by atoms with van der Waals surface area (Å²) in [5, 5.41) is 8.59. The molecule has 3 heterocycles.